The molecule has 2 rings (SSSR count). The molecule has 0 atom stereocenters. The molecule has 1 fully saturated rings. The first-order chi connectivity index (χ1) is 13.3. The highest BCUT2D eigenvalue weighted by Crippen LogP contribution is 2.24. The van der Waals surface area contributed by atoms with Gasteiger partial charge in [0, 0.05) is 39.2 Å². The molecule has 1 heterocycles. The number of carbonyl (C=O) groups excluding carboxylic acids is 1. The van der Waals surface area contributed by atoms with Gasteiger partial charge in [-0.15, -0.1) is 0 Å². The van der Waals surface area contributed by atoms with Gasteiger partial charge in [-0.3, -0.25) is 4.79 Å². The molecule has 0 aromatic heterocycles. The smallest absolute Gasteiger partial charge is 0.219 e. The summed E-state index contributed by atoms with van der Waals surface area (Å²) < 4.78 is 5.69. The van der Waals surface area contributed by atoms with Crippen LogP contribution >= 0.6 is 23.8 Å². The van der Waals surface area contributed by atoms with Crippen molar-refractivity contribution in [2.45, 2.75) is 59.1 Å². The molecule has 0 saturated carbocycles. The molecule has 0 radical (unpaired) electrons. The first kappa shape index (κ1) is 22.9. The van der Waals surface area contributed by atoms with E-state index in [9.17, 15) is 4.79 Å². The standard InChI is InChI=1S/C21H32ClN3O2S/c1-15(2)27-13-5-10-25(18-8-11-24(12-9-18)17(4)26)21(28)23-20-7-6-16(3)14-19(20)22/h6-7,14-15,18H,5,8-13H2,1-4H3,(H,23,28). The van der Waals surface area contributed by atoms with E-state index >= 15 is 0 Å². The van der Waals surface area contributed by atoms with Crippen LogP contribution in [0, 0.1) is 6.92 Å². The highest BCUT2D eigenvalue weighted by atomic mass is 35.5. The number of carbonyl (C=O) groups is 1. The quantitative estimate of drug-likeness (QED) is 0.515. The summed E-state index contributed by atoms with van der Waals surface area (Å²) in [5.74, 6) is 0.141. The van der Waals surface area contributed by atoms with Crippen LogP contribution in [0.1, 0.15) is 45.6 Å². The van der Waals surface area contributed by atoms with E-state index in [0.29, 0.717) is 22.8 Å². The number of amides is 1. The number of benzene rings is 1. The maximum absolute atomic E-state index is 11.6. The summed E-state index contributed by atoms with van der Waals surface area (Å²) in [6.07, 6.45) is 2.94. The Labute approximate surface area is 179 Å². The maximum Gasteiger partial charge on any atom is 0.219 e. The van der Waals surface area contributed by atoms with Gasteiger partial charge in [-0.2, -0.15) is 0 Å². The SMILES string of the molecule is CC(=O)N1CCC(N(CCCOC(C)C)C(=S)Nc2ccc(C)cc2Cl)CC1. The number of nitrogens with zero attached hydrogens (tertiary/aromatic N) is 2. The molecule has 5 nitrogen and oxygen atoms in total. The molecule has 1 aromatic carbocycles. The van der Waals surface area contributed by atoms with Crippen LogP contribution in [0.4, 0.5) is 5.69 Å². The van der Waals surface area contributed by atoms with Gasteiger partial charge < -0.3 is 19.9 Å². The Morgan fingerprint density at radius 1 is 1.39 bits per heavy atom. The number of aryl methyl sites for hydroxylation is 1. The number of piperidine rings is 1. The number of anilines is 1. The van der Waals surface area contributed by atoms with E-state index in [1.165, 1.54) is 0 Å². The average molecular weight is 426 g/mol. The Morgan fingerprint density at radius 2 is 2.07 bits per heavy atom. The normalized spacial score (nSPS) is 15.0. The third-order valence-corrected chi connectivity index (χ3v) is 5.62. The Bertz CT molecular complexity index is 676. The Kier molecular flexibility index (Phi) is 8.99. The summed E-state index contributed by atoms with van der Waals surface area (Å²) in [7, 11) is 0. The zero-order chi connectivity index (χ0) is 20.7. The second-order valence-corrected chi connectivity index (χ2v) is 8.41. The second kappa shape index (κ2) is 11.0. The summed E-state index contributed by atoms with van der Waals surface area (Å²) in [5.41, 5.74) is 1.93. The summed E-state index contributed by atoms with van der Waals surface area (Å²) >= 11 is 12.1. The minimum absolute atomic E-state index is 0.141. The topological polar surface area (TPSA) is 44.8 Å². The number of halogens is 1. The number of likely N-dealkylation sites (tertiary alicyclic amines) is 1. The van der Waals surface area contributed by atoms with Crippen LogP contribution in [-0.4, -0.2) is 59.2 Å². The first-order valence-electron chi connectivity index (χ1n) is 9.98. The van der Waals surface area contributed by atoms with Crippen molar-refractivity contribution in [3.05, 3.63) is 28.8 Å². The Morgan fingerprint density at radius 3 is 2.64 bits per heavy atom. The van der Waals surface area contributed by atoms with E-state index in [2.05, 4.69) is 10.2 Å². The lowest BCUT2D eigenvalue weighted by molar-refractivity contribution is -0.130. The molecule has 0 aliphatic carbocycles. The summed E-state index contributed by atoms with van der Waals surface area (Å²) in [4.78, 5) is 15.8. The summed E-state index contributed by atoms with van der Waals surface area (Å²) in [5, 5.41) is 4.66. The van der Waals surface area contributed by atoms with Crippen molar-refractivity contribution in [3.8, 4) is 0 Å². The first-order valence-corrected chi connectivity index (χ1v) is 10.8. The zero-order valence-electron chi connectivity index (χ0n) is 17.3. The summed E-state index contributed by atoms with van der Waals surface area (Å²) in [6, 6.07) is 6.21. The molecule has 28 heavy (non-hydrogen) atoms. The van der Waals surface area contributed by atoms with E-state index in [0.717, 1.165) is 50.1 Å². The highest BCUT2D eigenvalue weighted by Gasteiger charge is 2.27. The molecule has 0 bridgehead atoms. The van der Waals surface area contributed by atoms with E-state index in [-0.39, 0.29) is 12.0 Å². The minimum Gasteiger partial charge on any atom is -0.379 e. The number of hydrogen-bond acceptors (Lipinski definition) is 3. The van der Waals surface area contributed by atoms with Crippen LogP contribution in [-0.2, 0) is 9.53 Å². The van der Waals surface area contributed by atoms with Crippen molar-refractivity contribution in [2.75, 3.05) is 31.6 Å². The molecule has 7 heteroatoms. The molecule has 1 amide bonds. The molecule has 1 aliphatic rings. The van der Waals surface area contributed by atoms with E-state index in [4.69, 9.17) is 28.6 Å². The second-order valence-electron chi connectivity index (χ2n) is 7.62. The number of ether oxygens (including phenoxy) is 1. The largest absolute Gasteiger partial charge is 0.379 e. The lowest BCUT2D eigenvalue weighted by Crippen LogP contribution is -2.50. The van der Waals surface area contributed by atoms with Crippen molar-refractivity contribution >= 4 is 40.5 Å². The fourth-order valence-electron chi connectivity index (χ4n) is 3.40. The van der Waals surface area contributed by atoms with Crippen LogP contribution in [0.2, 0.25) is 5.02 Å². The number of nitrogens with one attached hydrogen (secondary N) is 1. The van der Waals surface area contributed by atoms with Gasteiger partial charge >= 0.3 is 0 Å². The van der Waals surface area contributed by atoms with Gasteiger partial charge in [0.15, 0.2) is 5.11 Å². The average Bonchev–Trinajstić information content (AvgIpc) is 2.64. The third-order valence-electron chi connectivity index (χ3n) is 4.97. The van der Waals surface area contributed by atoms with Crippen molar-refractivity contribution in [2.24, 2.45) is 0 Å². The lowest BCUT2D eigenvalue weighted by atomic mass is 10.0. The lowest BCUT2D eigenvalue weighted by Gasteiger charge is -2.39. The van der Waals surface area contributed by atoms with E-state index < -0.39 is 0 Å². The van der Waals surface area contributed by atoms with Crippen LogP contribution in [0.3, 0.4) is 0 Å². The third kappa shape index (κ3) is 6.90. The molecule has 1 aliphatic heterocycles. The number of rotatable bonds is 7. The fourth-order valence-corrected chi connectivity index (χ4v) is 4.04. The van der Waals surface area contributed by atoms with Crippen LogP contribution in [0.15, 0.2) is 18.2 Å². The van der Waals surface area contributed by atoms with Gasteiger partial charge in [0.25, 0.3) is 0 Å². The Balaban J connectivity index is 2.04. The van der Waals surface area contributed by atoms with Gasteiger partial charge in [-0.25, -0.2) is 0 Å². The molecule has 156 valence electrons. The van der Waals surface area contributed by atoms with Gasteiger partial charge in [0.2, 0.25) is 5.91 Å². The van der Waals surface area contributed by atoms with Gasteiger partial charge in [-0.1, -0.05) is 17.7 Å². The monoisotopic (exact) mass is 425 g/mol. The predicted molar refractivity (Wildman–Crippen MR) is 120 cm³/mol. The van der Waals surface area contributed by atoms with E-state index in [1.807, 2.05) is 43.9 Å². The summed E-state index contributed by atoms with van der Waals surface area (Å²) in [6.45, 7) is 10.8. The molecule has 0 unspecified atom stereocenters. The minimum atomic E-state index is 0.141. The van der Waals surface area contributed by atoms with Gasteiger partial charge in [0.1, 0.15) is 0 Å². The van der Waals surface area contributed by atoms with E-state index in [1.54, 1.807) is 6.92 Å². The van der Waals surface area contributed by atoms with Gasteiger partial charge in [0.05, 0.1) is 16.8 Å². The van der Waals surface area contributed by atoms with Crippen molar-refractivity contribution < 1.29 is 9.53 Å². The van der Waals surface area contributed by atoms with Crippen LogP contribution < -0.4 is 5.32 Å². The zero-order valence-corrected chi connectivity index (χ0v) is 18.9. The van der Waals surface area contributed by atoms with Crippen molar-refractivity contribution in [1.29, 1.82) is 0 Å². The molecule has 1 saturated heterocycles. The number of thiocarbonyl (C=S) groups is 1. The molecular formula is C21H32ClN3O2S. The molecular weight excluding hydrogens is 394 g/mol. The maximum atomic E-state index is 11.6. The molecule has 1 aromatic rings. The van der Waals surface area contributed by atoms with Gasteiger partial charge in [-0.05, 0) is 69.9 Å². The molecule has 0 spiro atoms. The van der Waals surface area contributed by atoms with Crippen LogP contribution in [0.5, 0.6) is 0 Å². The molecule has 1 N–H and O–H groups in total. The highest BCUT2D eigenvalue weighted by molar-refractivity contribution is 7.80. The van der Waals surface area contributed by atoms with Crippen LogP contribution in [0.25, 0.3) is 0 Å². The van der Waals surface area contributed by atoms with Crippen molar-refractivity contribution in [3.63, 3.8) is 0 Å². The Hall–Kier alpha value is -1.37. The van der Waals surface area contributed by atoms with Crippen molar-refractivity contribution in [1.82, 2.24) is 9.80 Å². The number of hydrogen-bond donors (Lipinski definition) is 1. The predicted octanol–water partition coefficient (Wildman–Crippen LogP) is 4.47. The fraction of sp³-hybridized carbons (Fsp3) is 0.619.